The van der Waals surface area contributed by atoms with Crippen LogP contribution in [-0.2, 0) is 9.53 Å². The lowest BCUT2D eigenvalue weighted by Crippen LogP contribution is -2.42. The first-order valence-corrected chi connectivity index (χ1v) is 6.30. The number of amides is 1. The lowest BCUT2D eigenvalue weighted by Gasteiger charge is -2.26. The first-order valence-electron chi connectivity index (χ1n) is 6.30. The predicted octanol–water partition coefficient (Wildman–Crippen LogP) is 0.798. The number of carbonyl (C=O) groups is 1. The van der Waals surface area contributed by atoms with E-state index in [0.29, 0.717) is 25.8 Å². The summed E-state index contributed by atoms with van der Waals surface area (Å²) in [5, 5.41) is 0. The van der Waals surface area contributed by atoms with Gasteiger partial charge in [-0.1, -0.05) is 6.92 Å². The van der Waals surface area contributed by atoms with Gasteiger partial charge in [-0.3, -0.25) is 15.1 Å². The Morgan fingerprint density at radius 1 is 1.47 bits per heavy atom. The number of ether oxygens (including phenoxy) is 1. The summed E-state index contributed by atoms with van der Waals surface area (Å²) in [5.41, 5.74) is 1.99. The molecule has 0 aromatic carbocycles. The Morgan fingerprint density at radius 3 is 2.68 bits per heavy atom. The monoisotopic (exact) mass is 283 g/mol. The summed E-state index contributed by atoms with van der Waals surface area (Å²) in [6.45, 7) is 1.41. The summed E-state index contributed by atoms with van der Waals surface area (Å²) in [5.74, 6) is 4.56. The Balaban J connectivity index is 2.45. The first-order chi connectivity index (χ1) is 8.85. The van der Waals surface area contributed by atoms with E-state index in [-0.39, 0.29) is 12.6 Å². The SMILES string of the molecule is CCCN(CC1CCC(C(=O)NN)O1)CC(F)(F)F. The van der Waals surface area contributed by atoms with Crippen LogP contribution in [0.2, 0.25) is 0 Å². The number of nitrogens with zero attached hydrogens (tertiary/aromatic N) is 1. The molecule has 2 atom stereocenters. The third-order valence-electron chi connectivity index (χ3n) is 2.95. The van der Waals surface area contributed by atoms with Crippen molar-refractivity contribution >= 4 is 5.91 Å². The topological polar surface area (TPSA) is 67.6 Å². The van der Waals surface area contributed by atoms with Gasteiger partial charge < -0.3 is 4.74 Å². The van der Waals surface area contributed by atoms with Gasteiger partial charge in [-0.05, 0) is 25.8 Å². The van der Waals surface area contributed by atoms with Crippen LogP contribution in [0, 0.1) is 0 Å². The quantitative estimate of drug-likeness (QED) is 0.430. The summed E-state index contributed by atoms with van der Waals surface area (Å²) >= 11 is 0. The van der Waals surface area contributed by atoms with Gasteiger partial charge in [-0.15, -0.1) is 0 Å². The summed E-state index contributed by atoms with van der Waals surface area (Å²) in [7, 11) is 0. The van der Waals surface area contributed by atoms with Gasteiger partial charge in [0.1, 0.15) is 6.10 Å². The molecule has 1 aliphatic heterocycles. The van der Waals surface area contributed by atoms with Crippen LogP contribution in [0.1, 0.15) is 26.2 Å². The average Bonchev–Trinajstić information content (AvgIpc) is 2.74. The van der Waals surface area contributed by atoms with Gasteiger partial charge in [0, 0.05) is 6.54 Å². The van der Waals surface area contributed by atoms with Crippen molar-refractivity contribution in [2.45, 2.75) is 44.6 Å². The highest BCUT2D eigenvalue weighted by Gasteiger charge is 2.35. The number of nitrogens with one attached hydrogen (secondary N) is 1. The normalized spacial score (nSPS) is 23.9. The molecule has 0 aliphatic carbocycles. The van der Waals surface area contributed by atoms with E-state index in [2.05, 4.69) is 0 Å². The molecule has 0 aromatic heterocycles. The molecule has 19 heavy (non-hydrogen) atoms. The van der Waals surface area contributed by atoms with Gasteiger partial charge in [0.2, 0.25) is 0 Å². The minimum absolute atomic E-state index is 0.182. The van der Waals surface area contributed by atoms with Crippen LogP contribution in [0.3, 0.4) is 0 Å². The van der Waals surface area contributed by atoms with Crippen LogP contribution in [0.15, 0.2) is 0 Å². The van der Waals surface area contributed by atoms with Crippen LogP contribution in [-0.4, -0.2) is 48.8 Å². The first kappa shape index (κ1) is 16.2. The molecule has 0 radical (unpaired) electrons. The van der Waals surface area contributed by atoms with Gasteiger partial charge in [0.25, 0.3) is 5.91 Å². The third-order valence-corrected chi connectivity index (χ3v) is 2.95. The molecule has 1 heterocycles. The van der Waals surface area contributed by atoms with Crippen molar-refractivity contribution in [3.8, 4) is 0 Å². The van der Waals surface area contributed by atoms with Gasteiger partial charge >= 0.3 is 6.18 Å². The molecule has 0 bridgehead atoms. The maximum Gasteiger partial charge on any atom is 0.401 e. The predicted molar refractivity (Wildman–Crippen MR) is 63.0 cm³/mol. The van der Waals surface area contributed by atoms with Gasteiger partial charge in [-0.2, -0.15) is 13.2 Å². The molecule has 2 unspecified atom stereocenters. The Morgan fingerprint density at radius 2 is 2.16 bits per heavy atom. The molecule has 1 saturated heterocycles. The standard InChI is InChI=1S/C11H20F3N3O2/c1-2-5-17(7-11(12,13)14)6-8-3-4-9(19-8)10(18)16-15/h8-9H,2-7,15H2,1H3,(H,16,18). The van der Waals surface area contributed by atoms with E-state index in [1.165, 1.54) is 4.90 Å². The van der Waals surface area contributed by atoms with Crippen molar-refractivity contribution in [3.05, 3.63) is 0 Å². The minimum Gasteiger partial charge on any atom is -0.364 e. The van der Waals surface area contributed by atoms with Crippen molar-refractivity contribution in [1.82, 2.24) is 10.3 Å². The molecular weight excluding hydrogens is 263 g/mol. The van der Waals surface area contributed by atoms with Crippen molar-refractivity contribution in [2.24, 2.45) is 5.84 Å². The molecule has 1 fully saturated rings. The average molecular weight is 283 g/mol. The van der Waals surface area contributed by atoms with Crippen LogP contribution < -0.4 is 11.3 Å². The van der Waals surface area contributed by atoms with Gasteiger partial charge in [0.05, 0.1) is 12.6 Å². The molecule has 112 valence electrons. The van der Waals surface area contributed by atoms with E-state index in [9.17, 15) is 18.0 Å². The summed E-state index contributed by atoms with van der Waals surface area (Å²) in [4.78, 5) is 12.6. The van der Waals surface area contributed by atoms with Gasteiger partial charge in [-0.25, -0.2) is 5.84 Å². The fourth-order valence-corrected chi connectivity index (χ4v) is 2.22. The fourth-order valence-electron chi connectivity index (χ4n) is 2.22. The lowest BCUT2D eigenvalue weighted by atomic mass is 10.2. The second kappa shape index (κ2) is 7.06. The Hall–Kier alpha value is -0.860. The zero-order valence-electron chi connectivity index (χ0n) is 10.9. The van der Waals surface area contributed by atoms with E-state index < -0.39 is 24.7 Å². The van der Waals surface area contributed by atoms with E-state index >= 15 is 0 Å². The van der Waals surface area contributed by atoms with E-state index in [4.69, 9.17) is 10.6 Å². The summed E-state index contributed by atoms with van der Waals surface area (Å²) < 4.78 is 42.6. The van der Waals surface area contributed by atoms with Crippen LogP contribution in [0.4, 0.5) is 13.2 Å². The Bertz CT molecular complexity index is 299. The minimum atomic E-state index is -4.22. The fraction of sp³-hybridized carbons (Fsp3) is 0.909. The van der Waals surface area contributed by atoms with E-state index in [1.54, 1.807) is 0 Å². The van der Waals surface area contributed by atoms with Crippen molar-refractivity contribution < 1.29 is 22.7 Å². The molecule has 0 aromatic rings. The Kier molecular flexibility index (Phi) is 6.02. The van der Waals surface area contributed by atoms with Crippen LogP contribution >= 0.6 is 0 Å². The smallest absolute Gasteiger partial charge is 0.364 e. The van der Waals surface area contributed by atoms with Crippen molar-refractivity contribution in [1.29, 1.82) is 0 Å². The number of hydrogen-bond acceptors (Lipinski definition) is 4. The van der Waals surface area contributed by atoms with Crippen molar-refractivity contribution in [3.63, 3.8) is 0 Å². The third kappa shape index (κ3) is 5.75. The number of carbonyl (C=O) groups excluding carboxylic acids is 1. The summed E-state index contributed by atoms with van der Waals surface area (Å²) in [6, 6.07) is 0. The highest BCUT2D eigenvalue weighted by atomic mass is 19.4. The van der Waals surface area contributed by atoms with E-state index in [0.717, 1.165) is 0 Å². The Labute approximate surface area is 110 Å². The molecule has 5 nitrogen and oxygen atoms in total. The maximum atomic E-state index is 12.4. The molecule has 0 spiro atoms. The zero-order valence-corrected chi connectivity index (χ0v) is 10.9. The molecule has 1 aliphatic rings. The molecule has 8 heteroatoms. The van der Waals surface area contributed by atoms with Crippen LogP contribution in [0.25, 0.3) is 0 Å². The molecule has 1 amide bonds. The molecular formula is C11H20F3N3O2. The number of nitrogens with two attached hydrogens (primary N) is 1. The lowest BCUT2D eigenvalue weighted by molar-refractivity contribution is -0.151. The number of alkyl halides is 3. The zero-order chi connectivity index (χ0) is 14.5. The maximum absolute atomic E-state index is 12.4. The second-order valence-corrected chi connectivity index (χ2v) is 4.68. The number of rotatable bonds is 6. The highest BCUT2D eigenvalue weighted by Crippen LogP contribution is 2.23. The molecule has 1 rings (SSSR count). The molecule has 0 saturated carbocycles. The number of hydrazine groups is 1. The number of hydrogen-bond donors (Lipinski definition) is 2. The highest BCUT2D eigenvalue weighted by molar-refractivity contribution is 5.80. The van der Waals surface area contributed by atoms with Crippen molar-refractivity contribution in [2.75, 3.05) is 19.6 Å². The van der Waals surface area contributed by atoms with Crippen LogP contribution in [0.5, 0.6) is 0 Å². The largest absolute Gasteiger partial charge is 0.401 e. The van der Waals surface area contributed by atoms with Gasteiger partial charge in [0.15, 0.2) is 0 Å². The summed E-state index contributed by atoms with van der Waals surface area (Å²) in [6.07, 6.45) is -3.53. The van der Waals surface area contributed by atoms with E-state index in [1.807, 2.05) is 12.3 Å². The number of halogens is 3. The second-order valence-electron chi connectivity index (χ2n) is 4.68. The molecule has 3 N–H and O–H groups in total.